The third-order valence-electron chi connectivity index (χ3n) is 3.55. The van der Waals surface area contributed by atoms with Crippen molar-refractivity contribution in [3.05, 3.63) is 41.5 Å². The summed E-state index contributed by atoms with van der Waals surface area (Å²) in [7, 11) is 0. The van der Waals surface area contributed by atoms with Crippen molar-refractivity contribution < 1.29 is 4.79 Å². The molecule has 6 nitrogen and oxygen atoms in total. The number of hydrogen-bond donors (Lipinski definition) is 2. The summed E-state index contributed by atoms with van der Waals surface area (Å²) < 4.78 is 2.10. The summed E-state index contributed by atoms with van der Waals surface area (Å²) in [6, 6.07) is 7.03. The van der Waals surface area contributed by atoms with Gasteiger partial charge in [0, 0.05) is 18.7 Å². The fourth-order valence-electron chi connectivity index (χ4n) is 2.46. The third kappa shape index (κ3) is 2.36. The number of carbonyl (C=O) groups is 1. The topological polar surface area (TPSA) is 85.8 Å². The van der Waals surface area contributed by atoms with Gasteiger partial charge in [-0.3, -0.25) is 4.79 Å². The van der Waals surface area contributed by atoms with E-state index in [1.807, 2.05) is 0 Å². The Morgan fingerprint density at radius 3 is 3.00 bits per heavy atom. The normalized spacial score (nSPS) is 13.8. The first-order chi connectivity index (χ1) is 9.75. The van der Waals surface area contributed by atoms with Gasteiger partial charge >= 0.3 is 0 Å². The highest BCUT2D eigenvalue weighted by Crippen LogP contribution is 2.14. The number of rotatable bonds is 3. The number of carbonyl (C=O) groups excluding carboxylic acids is 1. The minimum Gasteiger partial charge on any atom is -0.398 e. The fourth-order valence-corrected chi connectivity index (χ4v) is 2.46. The van der Waals surface area contributed by atoms with Crippen LogP contribution in [0.1, 0.15) is 34.8 Å². The fraction of sp³-hybridized carbons (Fsp3) is 0.357. The standard InChI is InChI=1S/C14H17N5O/c15-11-6-2-1-5-10(11)14(20)16-9-13-18-17-12-7-3-4-8-19(12)13/h1-2,5-6H,3-4,7-9,15H2,(H,16,20). The molecule has 6 heteroatoms. The molecule has 1 aliphatic rings. The summed E-state index contributed by atoms with van der Waals surface area (Å²) >= 11 is 0. The van der Waals surface area contributed by atoms with Crippen LogP contribution in [0.25, 0.3) is 0 Å². The molecule has 1 amide bonds. The summed E-state index contributed by atoms with van der Waals surface area (Å²) in [5, 5.41) is 11.2. The lowest BCUT2D eigenvalue weighted by molar-refractivity contribution is 0.0950. The summed E-state index contributed by atoms with van der Waals surface area (Å²) in [5.74, 6) is 1.64. The third-order valence-corrected chi connectivity index (χ3v) is 3.55. The molecule has 2 heterocycles. The highest BCUT2D eigenvalue weighted by Gasteiger charge is 2.16. The van der Waals surface area contributed by atoms with Crippen LogP contribution in [-0.4, -0.2) is 20.7 Å². The van der Waals surface area contributed by atoms with E-state index in [2.05, 4.69) is 20.1 Å². The van der Waals surface area contributed by atoms with Crippen LogP contribution >= 0.6 is 0 Å². The first kappa shape index (κ1) is 12.7. The van der Waals surface area contributed by atoms with E-state index in [4.69, 9.17) is 5.73 Å². The van der Waals surface area contributed by atoms with Crippen molar-refractivity contribution in [1.82, 2.24) is 20.1 Å². The van der Waals surface area contributed by atoms with Crippen LogP contribution in [0.2, 0.25) is 0 Å². The quantitative estimate of drug-likeness (QED) is 0.819. The van der Waals surface area contributed by atoms with Crippen molar-refractivity contribution in [2.75, 3.05) is 5.73 Å². The number of nitrogens with two attached hydrogens (primary N) is 1. The van der Waals surface area contributed by atoms with E-state index in [0.717, 1.165) is 37.5 Å². The number of para-hydroxylation sites is 1. The van der Waals surface area contributed by atoms with Crippen LogP contribution in [0.5, 0.6) is 0 Å². The zero-order valence-electron chi connectivity index (χ0n) is 11.2. The van der Waals surface area contributed by atoms with E-state index >= 15 is 0 Å². The van der Waals surface area contributed by atoms with Crippen LogP contribution < -0.4 is 11.1 Å². The lowest BCUT2D eigenvalue weighted by atomic mass is 10.1. The number of fused-ring (bicyclic) bond motifs is 1. The smallest absolute Gasteiger partial charge is 0.253 e. The molecule has 1 aromatic carbocycles. The lowest BCUT2D eigenvalue weighted by Gasteiger charge is -2.15. The number of aryl methyl sites for hydroxylation is 1. The van der Waals surface area contributed by atoms with E-state index in [0.29, 0.717) is 17.8 Å². The average molecular weight is 271 g/mol. The molecule has 0 saturated heterocycles. The minimum absolute atomic E-state index is 0.184. The molecular weight excluding hydrogens is 254 g/mol. The van der Waals surface area contributed by atoms with Crippen LogP contribution in [-0.2, 0) is 19.5 Å². The molecule has 2 aromatic rings. The van der Waals surface area contributed by atoms with E-state index in [1.54, 1.807) is 24.3 Å². The molecule has 1 aromatic heterocycles. The Balaban J connectivity index is 1.69. The summed E-state index contributed by atoms with van der Waals surface area (Å²) in [6.45, 7) is 1.31. The largest absolute Gasteiger partial charge is 0.398 e. The molecule has 3 rings (SSSR count). The summed E-state index contributed by atoms with van der Waals surface area (Å²) in [5.41, 5.74) is 6.76. The van der Waals surface area contributed by atoms with Gasteiger partial charge in [0.05, 0.1) is 12.1 Å². The Hall–Kier alpha value is -2.37. The maximum atomic E-state index is 12.1. The Kier molecular flexibility index (Phi) is 3.37. The molecule has 3 N–H and O–H groups in total. The maximum absolute atomic E-state index is 12.1. The van der Waals surface area contributed by atoms with Crippen molar-refractivity contribution >= 4 is 11.6 Å². The highest BCUT2D eigenvalue weighted by molar-refractivity contribution is 5.98. The number of amides is 1. The zero-order valence-corrected chi connectivity index (χ0v) is 11.2. The molecule has 0 spiro atoms. The number of anilines is 1. The minimum atomic E-state index is -0.184. The molecule has 0 atom stereocenters. The Morgan fingerprint density at radius 1 is 1.30 bits per heavy atom. The summed E-state index contributed by atoms with van der Waals surface area (Å²) in [6.07, 6.45) is 3.26. The van der Waals surface area contributed by atoms with E-state index in [1.165, 1.54) is 0 Å². The van der Waals surface area contributed by atoms with Crippen molar-refractivity contribution in [3.8, 4) is 0 Å². The van der Waals surface area contributed by atoms with Gasteiger partial charge < -0.3 is 15.6 Å². The predicted molar refractivity (Wildman–Crippen MR) is 75.0 cm³/mol. The van der Waals surface area contributed by atoms with Gasteiger partial charge in [0.15, 0.2) is 5.82 Å². The van der Waals surface area contributed by atoms with Gasteiger partial charge in [0.1, 0.15) is 5.82 Å². The lowest BCUT2D eigenvalue weighted by Crippen LogP contribution is -2.26. The van der Waals surface area contributed by atoms with E-state index in [9.17, 15) is 4.79 Å². The monoisotopic (exact) mass is 271 g/mol. The van der Waals surface area contributed by atoms with Gasteiger partial charge in [-0.15, -0.1) is 10.2 Å². The average Bonchev–Trinajstić information content (AvgIpc) is 2.88. The van der Waals surface area contributed by atoms with Gasteiger partial charge in [-0.1, -0.05) is 12.1 Å². The van der Waals surface area contributed by atoms with Crippen molar-refractivity contribution in [2.24, 2.45) is 0 Å². The SMILES string of the molecule is Nc1ccccc1C(=O)NCc1nnc2n1CCCC2. The number of nitrogens with one attached hydrogen (secondary N) is 1. The Labute approximate surface area is 117 Å². The second-order valence-corrected chi connectivity index (χ2v) is 4.91. The highest BCUT2D eigenvalue weighted by atomic mass is 16.1. The Bertz CT molecular complexity index is 634. The molecule has 20 heavy (non-hydrogen) atoms. The number of hydrogen-bond acceptors (Lipinski definition) is 4. The first-order valence-electron chi connectivity index (χ1n) is 6.79. The molecule has 1 aliphatic heterocycles. The van der Waals surface area contributed by atoms with Gasteiger partial charge in [0.2, 0.25) is 0 Å². The molecule has 0 saturated carbocycles. The van der Waals surface area contributed by atoms with Crippen molar-refractivity contribution in [3.63, 3.8) is 0 Å². The Morgan fingerprint density at radius 2 is 2.15 bits per heavy atom. The van der Waals surface area contributed by atoms with Crippen LogP contribution in [0.4, 0.5) is 5.69 Å². The first-order valence-corrected chi connectivity index (χ1v) is 6.79. The predicted octanol–water partition coefficient (Wildman–Crippen LogP) is 1.13. The maximum Gasteiger partial charge on any atom is 0.253 e. The van der Waals surface area contributed by atoms with Gasteiger partial charge in [-0.25, -0.2) is 0 Å². The van der Waals surface area contributed by atoms with Crippen molar-refractivity contribution in [2.45, 2.75) is 32.4 Å². The van der Waals surface area contributed by atoms with Crippen molar-refractivity contribution in [1.29, 1.82) is 0 Å². The zero-order chi connectivity index (χ0) is 13.9. The molecule has 0 fully saturated rings. The molecule has 0 aliphatic carbocycles. The second-order valence-electron chi connectivity index (χ2n) is 4.91. The molecule has 0 bridgehead atoms. The van der Waals surface area contributed by atoms with Gasteiger partial charge in [-0.05, 0) is 25.0 Å². The van der Waals surface area contributed by atoms with E-state index in [-0.39, 0.29) is 5.91 Å². The van der Waals surface area contributed by atoms with Gasteiger partial charge in [0.25, 0.3) is 5.91 Å². The van der Waals surface area contributed by atoms with Crippen LogP contribution in [0.3, 0.4) is 0 Å². The molecular formula is C14H17N5O. The number of aromatic nitrogens is 3. The summed E-state index contributed by atoms with van der Waals surface area (Å²) in [4.78, 5) is 12.1. The van der Waals surface area contributed by atoms with Gasteiger partial charge in [-0.2, -0.15) is 0 Å². The number of nitrogen functional groups attached to an aromatic ring is 1. The molecule has 104 valence electrons. The number of nitrogens with zero attached hydrogens (tertiary/aromatic N) is 3. The molecule has 0 radical (unpaired) electrons. The number of benzene rings is 1. The molecule has 0 unspecified atom stereocenters. The second kappa shape index (κ2) is 5.32. The van der Waals surface area contributed by atoms with E-state index < -0.39 is 0 Å². The van der Waals surface area contributed by atoms with Crippen LogP contribution in [0.15, 0.2) is 24.3 Å². The van der Waals surface area contributed by atoms with Crippen LogP contribution in [0, 0.1) is 0 Å².